The summed E-state index contributed by atoms with van der Waals surface area (Å²) in [4.78, 5) is 12.1. The summed E-state index contributed by atoms with van der Waals surface area (Å²) in [6.07, 6.45) is 1.32. The molecular formula is C17H15FN2O3S. The number of rotatable bonds is 4. The Bertz CT molecular complexity index is 1010. The molecule has 1 amide bonds. The van der Waals surface area contributed by atoms with E-state index in [4.69, 9.17) is 0 Å². The van der Waals surface area contributed by atoms with E-state index in [0.717, 1.165) is 5.52 Å². The number of amides is 1. The first-order valence-corrected chi connectivity index (χ1v) is 8.69. The minimum absolute atomic E-state index is 0.0491. The van der Waals surface area contributed by atoms with Gasteiger partial charge in [-0.25, -0.2) is 17.5 Å². The van der Waals surface area contributed by atoms with Gasteiger partial charge in [0.2, 0.25) is 5.91 Å². The summed E-state index contributed by atoms with van der Waals surface area (Å²) < 4.78 is 41.6. The lowest BCUT2D eigenvalue weighted by Crippen LogP contribution is -2.31. The van der Waals surface area contributed by atoms with Crippen LogP contribution in [-0.2, 0) is 28.3 Å². The van der Waals surface area contributed by atoms with E-state index in [2.05, 4.69) is 4.72 Å². The standard InChI is InChI=1S/C17H15FN2O3S/c1-20-11-16(14-4-2-3-5-15(14)20)24(22,23)19-17(21)10-12-6-8-13(18)9-7-12/h2-9,11H,10H2,1H3,(H,19,21). The van der Waals surface area contributed by atoms with Gasteiger partial charge in [0.1, 0.15) is 10.7 Å². The predicted molar refractivity (Wildman–Crippen MR) is 88.4 cm³/mol. The molecule has 124 valence electrons. The average molecular weight is 346 g/mol. The number of hydrogen-bond acceptors (Lipinski definition) is 3. The quantitative estimate of drug-likeness (QED) is 0.788. The van der Waals surface area contributed by atoms with Crippen molar-refractivity contribution in [2.24, 2.45) is 7.05 Å². The van der Waals surface area contributed by atoms with Crippen molar-refractivity contribution in [3.05, 3.63) is 66.1 Å². The van der Waals surface area contributed by atoms with Crippen molar-refractivity contribution in [3.63, 3.8) is 0 Å². The Labute approximate surface area is 138 Å². The van der Waals surface area contributed by atoms with E-state index in [1.165, 1.54) is 30.5 Å². The number of para-hydroxylation sites is 1. The molecule has 0 saturated carbocycles. The van der Waals surface area contributed by atoms with E-state index in [1.807, 2.05) is 6.07 Å². The number of nitrogens with zero attached hydrogens (tertiary/aromatic N) is 1. The summed E-state index contributed by atoms with van der Waals surface area (Å²) in [5, 5.41) is 0.544. The number of carbonyl (C=O) groups excluding carboxylic acids is 1. The lowest BCUT2D eigenvalue weighted by atomic mass is 10.1. The van der Waals surface area contributed by atoms with Crippen LogP contribution in [0.2, 0.25) is 0 Å². The first kappa shape index (κ1) is 16.2. The average Bonchev–Trinajstić information content (AvgIpc) is 2.88. The third-order valence-electron chi connectivity index (χ3n) is 3.68. The van der Waals surface area contributed by atoms with E-state index in [9.17, 15) is 17.6 Å². The molecule has 5 nitrogen and oxygen atoms in total. The van der Waals surface area contributed by atoms with Gasteiger partial charge in [-0.15, -0.1) is 0 Å². The van der Waals surface area contributed by atoms with Crippen LogP contribution in [0.5, 0.6) is 0 Å². The lowest BCUT2D eigenvalue weighted by molar-refractivity contribution is -0.118. The molecule has 3 rings (SSSR count). The fourth-order valence-electron chi connectivity index (χ4n) is 2.55. The molecule has 0 radical (unpaired) electrons. The van der Waals surface area contributed by atoms with Crippen LogP contribution in [0.4, 0.5) is 4.39 Å². The Morgan fingerprint density at radius 3 is 2.50 bits per heavy atom. The molecule has 0 saturated heterocycles. The second kappa shape index (κ2) is 6.09. The molecule has 24 heavy (non-hydrogen) atoms. The van der Waals surface area contributed by atoms with Gasteiger partial charge in [0.15, 0.2) is 0 Å². The van der Waals surface area contributed by atoms with Crippen molar-refractivity contribution in [2.45, 2.75) is 11.3 Å². The fraction of sp³-hybridized carbons (Fsp3) is 0.118. The van der Waals surface area contributed by atoms with Gasteiger partial charge < -0.3 is 4.57 Å². The normalized spacial score (nSPS) is 11.6. The van der Waals surface area contributed by atoms with Crippen molar-refractivity contribution in [3.8, 4) is 0 Å². The van der Waals surface area contributed by atoms with E-state index < -0.39 is 21.7 Å². The monoisotopic (exact) mass is 346 g/mol. The Hall–Kier alpha value is -2.67. The summed E-state index contributed by atoms with van der Waals surface area (Å²) in [6.45, 7) is 0. The van der Waals surface area contributed by atoms with Crippen LogP contribution in [0.1, 0.15) is 5.56 Å². The summed E-state index contributed by atoms with van der Waals surface area (Å²) >= 11 is 0. The topological polar surface area (TPSA) is 68.2 Å². The smallest absolute Gasteiger partial charge is 0.266 e. The number of fused-ring (bicyclic) bond motifs is 1. The zero-order valence-corrected chi connectivity index (χ0v) is 13.7. The first-order valence-electron chi connectivity index (χ1n) is 7.21. The number of halogens is 1. The van der Waals surface area contributed by atoms with Crippen LogP contribution in [0, 0.1) is 5.82 Å². The molecule has 0 spiro atoms. The number of hydrogen-bond donors (Lipinski definition) is 1. The molecule has 1 N–H and O–H groups in total. The number of aromatic nitrogens is 1. The van der Waals surface area contributed by atoms with Gasteiger partial charge >= 0.3 is 0 Å². The zero-order chi connectivity index (χ0) is 17.3. The maximum Gasteiger partial charge on any atom is 0.266 e. The molecule has 0 atom stereocenters. The predicted octanol–water partition coefficient (Wildman–Crippen LogP) is 2.37. The molecule has 0 aliphatic heterocycles. The van der Waals surface area contributed by atoms with Crippen molar-refractivity contribution < 1.29 is 17.6 Å². The minimum Gasteiger partial charge on any atom is -0.349 e. The largest absolute Gasteiger partial charge is 0.349 e. The minimum atomic E-state index is -3.99. The van der Waals surface area contributed by atoms with Gasteiger partial charge in [0.05, 0.1) is 6.42 Å². The fourth-order valence-corrected chi connectivity index (χ4v) is 3.79. The second-order valence-electron chi connectivity index (χ2n) is 5.45. The molecule has 0 aliphatic carbocycles. The second-order valence-corrected chi connectivity index (χ2v) is 7.10. The van der Waals surface area contributed by atoms with E-state index in [1.54, 1.807) is 29.8 Å². The van der Waals surface area contributed by atoms with Crippen LogP contribution in [0.15, 0.2) is 59.6 Å². The van der Waals surface area contributed by atoms with E-state index in [0.29, 0.717) is 10.9 Å². The number of nitrogens with one attached hydrogen (secondary N) is 1. The van der Waals surface area contributed by atoms with Crippen LogP contribution in [0.3, 0.4) is 0 Å². The van der Waals surface area contributed by atoms with E-state index in [-0.39, 0.29) is 11.3 Å². The molecule has 3 aromatic rings. The third kappa shape index (κ3) is 3.16. The summed E-state index contributed by atoms with van der Waals surface area (Å²) in [5.74, 6) is -1.09. The highest BCUT2D eigenvalue weighted by atomic mass is 32.2. The summed E-state index contributed by atoms with van der Waals surface area (Å²) in [7, 11) is -2.25. The highest BCUT2D eigenvalue weighted by Gasteiger charge is 2.22. The van der Waals surface area contributed by atoms with Crippen LogP contribution in [-0.4, -0.2) is 18.9 Å². The number of aryl methyl sites for hydroxylation is 1. The van der Waals surface area contributed by atoms with Crippen LogP contribution in [0.25, 0.3) is 10.9 Å². The maximum atomic E-state index is 12.9. The van der Waals surface area contributed by atoms with Gasteiger partial charge in [0.25, 0.3) is 10.0 Å². The summed E-state index contributed by atoms with van der Waals surface area (Å²) in [6, 6.07) is 12.4. The van der Waals surface area contributed by atoms with Crippen molar-refractivity contribution in [1.29, 1.82) is 0 Å². The molecule has 1 heterocycles. The van der Waals surface area contributed by atoms with Gasteiger partial charge in [-0.2, -0.15) is 0 Å². The first-order chi connectivity index (χ1) is 11.4. The van der Waals surface area contributed by atoms with Gasteiger partial charge in [-0.3, -0.25) is 4.79 Å². The summed E-state index contributed by atoms with van der Waals surface area (Å²) in [5.41, 5.74) is 1.28. The molecule has 0 bridgehead atoms. The molecule has 0 aliphatic rings. The highest BCUT2D eigenvalue weighted by molar-refractivity contribution is 7.90. The van der Waals surface area contributed by atoms with E-state index >= 15 is 0 Å². The molecule has 0 fully saturated rings. The maximum absolute atomic E-state index is 12.9. The van der Waals surface area contributed by atoms with Gasteiger partial charge in [0, 0.05) is 24.1 Å². The van der Waals surface area contributed by atoms with Crippen molar-refractivity contribution >= 4 is 26.8 Å². The Morgan fingerprint density at radius 1 is 1.12 bits per heavy atom. The Morgan fingerprint density at radius 2 is 1.79 bits per heavy atom. The zero-order valence-electron chi connectivity index (χ0n) is 12.9. The van der Waals surface area contributed by atoms with Crippen molar-refractivity contribution in [1.82, 2.24) is 9.29 Å². The van der Waals surface area contributed by atoms with Crippen LogP contribution >= 0.6 is 0 Å². The van der Waals surface area contributed by atoms with Gasteiger partial charge in [-0.05, 0) is 23.8 Å². The number of benzene rings is 2. The third-order valence-corrected chi connectivity index (χ3v) is 5.08. The number of carbonyl (C=O) groups is 1. The molecular weight excluding hydrogens is 331 g/mol. The van der Waals surface area contributed by atoms with Crippen LogP contribution < -0.4 is 4.72 Å². The lowest BCUT2D eigenvalue weighted by Gasteiger charge is -2.06. The Kier molecular flexibility index (Phi) is 4.11. The van der Waals surface area contributed by atoms with Crippen molar-refractivity contribution in [2.75, 3.05) is 0 Å². The molecule has 0 unspecified atom stereocenters. The van der Waals surface area contributed by atoms with Gasteiger partial charge in [-0.1, -0.05) is 30.3 Å². The molecule has 2 aromatic carbocycles. The number of sulfonamides is 1. The Balaban J connectivity index is 1.85. The molecule has 1 aromatic heterocycles. The highest BCUT2D eigenvalue weighted by Crippen LogP contribution is 2.24. The SMILES string of the molecule is Cn1cc(S(=O)(=O)NC(=O)Cc2ccc(F)cc2)c2ccccc21. The molecule has 7 heteroatoms.